The van der Waals surface area contributed by atoms with Gasteiger partial charge in [0.2, 0.25) is 6.08 Å². The molecule has 0 fully saturated rings. The molecule has 8 heteroatoms. The summed E-state index contributed by atoms with van der Waals surface area (Å²) in [4.78, 5) is 10.8. The highest BCUT2D eigenvalue weighted by Crippen LogP contribution is 2.12. The molecular weight excluding hydrogens is 204 g/mol. The van der Waals surface area contributed by atoms with E-state index in [0.29, 0.717) is 0 Å². The number of nitrogens with zero attached hydrogens (tertiary/aromatic N) is 4. The molecule has 0 saturated heterocycles. The van der Waals surface area contributed by atoms with Gasteiger partial charge in [-0.15, -0.1) is 0 Å². The standard InChI is InChI=1S/C7H4N4O4/c12-7-8-10(9-15-7)5-2-1-3-6(4-5)11(13)14/h1-4H. The maximum absolute atomic E-state index is 10.6. The number of benzene rings is 1. The van der Waals surface area contributed by atoms with Gasteiger partial charge in [0.25, 0.3) is 11.4 Å². The molecule has 8 nitrogen and oxygen atoms in total. The Morgan fingerprint density at radius 2 is 2.27 bits per heavy atom. The van der Waals surface area contributed by atoms with E-state index in [2.05, 4.69) is 14.9 Å². The summed E-state index contributed by atoms with van der Waals surface area (Å²) in [5.74, 6) is 0. The van der Waals surface area contributed by atoms with Crippen LogP contribution in [0.3, 0.4) is 0 Å². The Morgan fingerprint density at radius 3 is 2.87 bits per heavy atom. The van der Waals surface area contributed by atoms with E-state index in [9.17, 15) is 15.2 Å². The molecule has 0 aliphatic rings. The van der Waals surface area contributed by atoms with Crippen LogP contribution >= 0.6 is 0 Å². The molecule has 0 N–H and O–H groups in total. The molecule has 0 unspecified atom stereocenters. The van der Waals surface area contributed by atoms with Crippen LogP contribution in [0.1, 0.15) is 0 Å². The van der Waals surface area contributed by atoms with E-state index < -0.39 is 11.0 Å². The van der Waals surface area contributed by atoms with E-state index in [4.69, 9.17) is 0 Å². The first-order valence-electron chi connectivity index (χ1n) is 3.85. The monoisotopic (exact) mass is 208 g/mol. The van der Waals surface area contributed by atoms with Gasteiger partial charge in [-0.3, -0.25) is 10.1 Å². The largest absolute Gasteiger partial charge is 0.523 e. The van der Waals surface area contributed by atoms with Crippen molar-refractivity contribution >= 4 is 5.69 Å². The second-order valence-corrected chi connectivity index (χ2v) is 2.61. The van der Waals surface area contributed by atoms with Gasteiger partial charge >= 0.3 is 0 Å². The lowest BCUT2D eigenvalue weighted by atomic mass is 10.3. The highest BCUT2D eigenvalue weighted by atomic mass is 16.6. The summed E-state index contributed by atoms with van der Waals surface area (Å²) in [5, 5.41) is 27.7. The molecular formula is C7H4N4O4. The fourth-order valence-electron chi connectivity index (χ4n) is 1.02. The van der Waals surface area contributed by atoms with E-state index in [1.165, 1.54) is 24.3 Å². The first kappa shape index (κ1) is 9.06. The van der Waals surface area contributed by atoms with E-state index in [0.717, 1.165) is 4.80 Å². The summed E-state index contributed by atoms with van der Waals surface area (Å²) < 4.78 is 4.20. The van der Waals surface area contributed by atoms with Gasteiger partial charge in [0, 0.05) is 12.1 Å². The number of hydrogen-bond acceptors (Lipinski definition) is 6. The van der Waals surface area contributed by atoms with Gasteiger partial charge in [-0.1, -0.05) is 0 Å². The zero-order valence-electron chi connectivity index (χ0n) is 7.23. The highest BCUT2D eigenvalue weighted by Gasteiger charge is 2.16. The molecule has 76 valence electrons. The van der Waals surface area contributed by atoms with Crippen LogP contribution in [0.2, 0.25) is 0 Å². The number of nitro benzene ring substituents is 1. The van der Waals surface area contributed by atoms with Crippen molar-refractivity contribution in [3.63, 3.8) is 0 Å². The molecule has 1 aromatic carbocycles. The van der Waals surface area contributed by atoms with Crippen LogP contribution in [0, 0.1) is 10.1 Å². The van der Waals surface area contributed by atoms with Crippen molar-refractivity contribution in [2.24, 2.45) is 0 Å². The van der Waals surface area contributed by atoms with Gasteiger partial charge in [-0.25, -0.2) is 0 Å². The van der Waals surface area contributed by atoms with Crippen LogP contribution in [-0.2, 0) is 0 Å². The maximum atomic E-state index is 10.6. The predicted molar refractivity (Wildman–Crippen MR) is 41.9 cm³/mol. The number of rotatable bonds is 2. The zero-order valence-corrected chi connectivity index (χ0v) is 7.23. The van der Waals surface area contributed by atoms with Crippen molar-refractivity contribution in [1.82, 2.24) is 10.4 Å². The third kappa shape index (κ3) is 1.73. The van der Waals surface area contributed by atoms with Crippen LogP contribution in [0.15, 0.2) is 28.8 Å². The Bertz CT molecular complexity index is 509. The third-order valence-electron chi connectivity index (χ3n) is 1.64. The lowest BCUT2D eigenvalue weighted by Gasteiger charge is -1.88. The van der Waals surface area contributed by atoms with Crippen molar-refractivity contribution in [2.75, 3.05) is 0 Å². The van der Waals surface area contributed by atoms with Crippen molar-refractivity contribution in [1.29, 1.82) is 0 Å². The summed E-state index contributed by atoms with van der Waals surface area (Å²) in [6, 6.07) is 5.53. The Hall–Kier alpha value is -2.51. The topological polar surface area (TPSA) is 109 Å². The Balaban J connectivity index is 2.45. The molecule has 2 aromatic rings. The van der Waals surface area contributed by atoms with Crippen LogP contribution in [0.5, 0.6) is 6.08 Å². The normalized spacial score (nSPS) is 10.1. The van der Waals surface area contributed by atoms with E-state index in [1.807, 2.05) is 0 Å². The first-order chi connectivity index (χ1) is 7.16. The number of non-ortho nitro benzene ring substituents is 1. The SMILES string of the molecule is O=[N+]([O-])c1cccc(-[n+]2noc([O-])n2)c1. The molecule has 0 aliphatic carbocycles. The molecule has 0 atom stereocenters. The van der Waals surface area contributed by atoms with E-state index in [-0.39, 0.29) is 11.4 Å². The molecule has 2 rings (SSSR count). The van der Waals surface area contributed by atoms with Crippen molar-refractivity contribution < 1.29 is 19.3 Å². The van der Waals surface area contributed by atoms with E-state index >= 15 is 0 Å². The lowest BCUT2D eigenvalue weighted by molar-refractivity contribution is -0.726. The molecule has 15 heavy (non-hydrogen) atoms. The minimum atomic E-state index is -0.860. The summed E-state index contributed by atoms with van der Waals surface area (Å²) in [6.45, 7) is 0. The summed E-state index contributed by atoms with van der Waals surface area (Å²) in [7, 11) is 0. The van der Waals surface area contributed by atoms with Gasteiger partial charge in [-0.05, 0) is 6.07 Å². The molecule has 0 saturated carbocycles. The summed E-state index contributed by atoms with van der Waals surface area (Å²) in [5.41, 5.74) is 0.173. The summed E-state index contributed by atoms with van der Waals surface area (Å²) >= 11 is 0. The quantitative estimate of drug-likeness (QED) is 0.367. The van der Waals surface area contributed by atoms with Gasteiger partial charge in [-0.2, -0.15) is 0 Å². The molecule has 0 amide bonds. The molecule has 1 heterocycles. The van der Waals surface area contributed by atoms with Crippen molar-refractivity contribution in [2.45, 2.75) is 0 Å². The second kappa shape index (κ2) is 3.33. The highest BCUT2D eigenvalue weighted by molar-refractivity contribution is 5.37. The Morgan fingerprint density at radius 1 is 1.47 bits per heavy atom. The van der Waals surface area contributed by atoms with Crippen molar-refractivity contribution in [3.8, 4) is 11.8 Å². The molecule has 0 radical (unpaired) electrons. The Kier molecular flexibility index (Phi) is 2.01. The van der Waals surface area contributed by atoms with Crippen molar-refractivity contribution in [3.05, 3.63) is 34.4 Å². The number of hydrogen-bond donors (Lipinski definition) is 0. The van der Waals surface area contributed by atoms with Crippen LogP contribution in [-0.4, -0.2) is 15.3 Å². The van der Waals surface area contributed by atoms with Gasteiger partial charge < -0.3 is 9.63 Å². The van der Waals surface area contributed by atoms with E-state index in [1.54, 1.807) is 0 Å². The minimum Gasteiger partial charge on any atom is -0.523 e. The second-order valence-electron chi connectivity index (χ2n) is 2.61. The molecule has 1 aromatic heterocycles. The molecule has 0 bridgehead atoms. The number of aromatic nitrogens is 3. The smallest absolute Gasteiger partial charge is 0.276 e. The van der Waals surface area contributed by atoms with Crippen LogP contribution in [0.4, 0.5) is 5.69 Å². The van der Waals surface area contributed by atoms with Gasteiger partial charge in [0.1, 0.15) is 5.27 Å². The lowest BCUT2D eigenvalue weighted by Crippen LogP contribution is -2.35. The third-order valence-corrected chi connectivity index (χ3v) is 1.64. The average Bonchev–Trinajstić information content (AvgIpc) is 2.65. The fourth-order valence-corrected chi connectivity index (χ4v) is 1.02. The minimum absolute atomic E-state index is 0.114. The average molecular weight is 208 g/mol. The van der Waals surface area contributed by atoms with Gasteiger partial charge in [0.05, 0.1) is 20.9 Å². The van der Waals surface area contributed by atoms with Crippen LogP contribution in [0.25, 0.3) is 5.69 Å². The summed E-state index contributed by atoms with van der Waals surface area (Å²) in [6.07, 6.45) is -0.860. The van der Waals surface area contributed by atoms with Crippen LogP contribution < -0.4 is 9.90 Å². The fraction of sp³-hybridized carbons (Fsp3) is 0. The molecule has 0 spiro atoms. The first-order valence-corrected chi connectivity index (χ1v) is 3.85. The molecule has 0 aliphatic heterocycles. The predicted octanol–water partition coefficient (Wildman–Crippen LogP) is -0.672. The van der Waals surface area contributed by atoms with Gasteiger partial charge in [0.15, 0.2) is 0 Å². The zero-order chi connectivity index (χ0) is 10.8. The Labute approximate surface area is 82.5 Å². The number of nitro groups is 1. The maximum Gasteiger partial charge on any atom is 0.276 e.